The van der Waals surface area contributed by atoms with Gasteiger partial charge in [0.05, 0.1) is 12.3 Å². The van der Waals surface area contributed by atoms with Gasteiger partial charge in [0, 0.05) is 17.7 Å². The highest BCUT2D eigenvalue weighted by atomic mass is 19.1. The Balaban J connectivity index is 1.85. The van der Waals surface area contributed by atoms with Gasteiger partial charge in [-0.1, -0.05) is 0 Å². The van der Waals surface area contributed by atoms with E-state index in [9.17, 15) is 4.39 Å². The molecule has 0 amide bonds. The van der Waals surface area contributed by atoms with Crippen LogP contribution in [0.4, 0.5) is 10.2 Å². The van der Waals surface area contributed by atoms with E-state index < -0.39 is 0 Å². The molecule has 104 valence electrons. The summed E-state index contributed by atoms with van der Waals surface area (Å²) in [4.78, 5) is 8.37. The number of ether oxygens (including phenoxy) is 1. The number of nitrogens with zero attached hydrogens (tertiary/aromatic N) is 2. The fraction of sp³-hybridized carbons (Fsp3) is 0.333. The molecule has 0 unspecified atom stereocenters. The van der Waals surface area contributed by atoms with Gasteiger partial charge < -0.3 is 10.1 Å². The molecule has 0 radical (unpaired) electrons. The lowest BCUT2D eigenvalue weighted by molar-refractivity contribution is 0.321. The maximum Gasteiger partial charge on any atom is 0.165 e. The minimum absolute atomic E-state index is 0.265. The number of aromatic nitrogens is 2. The van der Waals surface area contributed by atoms with E-state index in [-0.39, 0.29) is 11.6 Å². The topological polar surface area (TPSA) is 47.0 Å². The number of halogens is 1. The first-order chi connectivity index (χ1) is 9.76. The molecule has 0 bridgehead atoms. The van der Waals surface area contributed by atoms with Gasteiger partial charge >= 0.3 is 0 Å². The third-order valence-electron chi connectivity index (χ3n) is 3.12. The highest BCUT2D eigenvalue weighted by Crippen LogP contribution is 2.27. The van der Waals surface area contributed by atoms with Crippen LogP contribution in [0.15, 0.2) is 30.6 Å². The lowest BCUT2D eigenvalue weighted by Crippen LogP contribution is -2.03. The molecule has 1 N–H and O–H groups in total. The summed E-state index contributed by atoms with van der Waals surface area (Å²) in [5.74, 6) is 0.674. The SMILES string of the molecule is CCOc1ccc(-c2cc(NC3CC3)ncn2)cc1F. The largest absolute Gasteiger partial charge is 0.491 e. The van der Waals surface area contributed by atoms with Crippen molar-refractivity contribution in [2.24, 2.45) is 0 Å². The van der Waals surface area contributed by atoms with Crippen molar-refractivity contribution in [3.8, 4) is 17.0 Å². The molecule has 1 heterocycles. The second-order valence-corrected chi connectivity index (χ2v) is 4.79. The highest BCUT2D eigenvalue weighted by molar-refractivity contribution is 5.63. The van der Waals surface area contributed by atoms with Crippen molar-refractivity contribution in [2.45, 2.75) is 25.8 Å². The standard InChI is InChI=1S/C15H16FN3O/c1-2-20-14-6-3-10(7-12(14)16)13-8-15(18-9-17-13)19-11-4-5-11/h3,6-9,11H,2,4-5H2,1H3,(H,17,18,19). The van der Waals surface area contributed by atoms with Crippen LogP contribution in [0.5, 0.6) is 5.75 Å². The fourth-order valence-electron chi connectivity index (χ4n) is 1.96. The van der Waals surface area contributed by atoms with Gasteiger partial charge in [-0.25, -0.2) is 14.4 Å². The van der Waals surface area contributed by atoms with E-state index in [0.717, 1.165) is 5.82 Å². The van der Waals surface area contributed by atoms with Crippen molar-refractivity contribution in [2.75, 3.05) is 11.9 Å². The maximum absolute atomic E-state index is 13.9. The summed E-state index contributed by atoms with van der Waals surface area (Å²) in [6.07, 6.45) is 3.85. The van der Waals surface area contributed by atoms with Crippen molar-refractivity contribution < 1.29 is 9.13 Å². The second kappa shape index (κ2) is 5.45. The zero-order chi connectivity index (χ0) is 13.9. The minimum atomic E-state index is -0.375. The molecule has 0 spiro atoms. The highest BCUT2D eigenvalue weighted by Gasteiger charge is 2.21. The monoisotopic (exact) mass is 273 g/mol. The molecule has 5 heteroatoms. The first-order valence-corrected chi connectivity index (χ1v) is 6.77. The van der Waals surface area contributed by atoms with Gasteiger partial charge in [-0.15, -0.1) is 0 Å². The molecule has 1 aliphatic rings. The Morgan fingerprint density at radius 2 is 2.15 bits per heavy atom. The summed E-state index contributed by atoms with van der Waals surface area (Å²) >= 11 is 0. The Labute approximate surface area is 117 Å². The van der Waals surface area contributed by atoms with Gasteiger partial charge in [-0.05, 0) is 38.0 Å². The molecular weight excluding hydrogens is 257 g/mol. The van der Waals surface area contributed by atoms with E-state index in [0.29, 0.717) is 23.9 Å². The third kappa shape index (κ3) is 2.87. The fourth-order valence-corrected chi connectivity index (χ4v) is 1.96. The number of anilines is 1. The molecule has 1 aliphatic carbocycles. The quantitative estimate of drug-likeness (QED) is 0.908. The Hall–Kier alpha value is -2.17. The Morgan fingerprint density at radius 3 is 2.85 bits per heavy atom. The van der Waals surface area contributed by atoms with E-state index in [1.165, 1.54) is 25.2 Å². The van der Waals surface area contributed by atoms with Crippen LogP contribution < -0.4 is 10.1 Å². The summed E-state index contributed by atoms with van der Waals surface area (Å²) in [6, 6.07) is 7.23. The molecule has 1 aromatic carbocycles. The van der Waals surface area contributed by atoms with Crippen LogP contribution in [-0.4, -0.2) is 22.6 Å². The van der Waals surface area contributed by atoms with Crippen molar-refractivity contribution in [1.29, 1.82) is 0 Å². The number of hydrogen-bond donors (Lipinski definition) is 1. The lowest BCUT2D eigenvalue weighted by Gasteiger charge is -2.08. The predicted octanol–water partition coefficient (Wildman–Crippen LogP) is 3.26. The van der Waals surface area contributed by atoms with Gasteiger partial charge in [0.1, 0.15) is 12.1 Å². The van der Waals surface area contributed by atoms with E-state index >= 15 is 0 Å². The molecule has 3 rings (SSSR count). The summed E-state index contributed by atoms with van der Waals surface area (Å²) in [5, 5.41) is 3.30. The summed E-state index contributed by atoms with van der Waals surface area (Å²) < 4.78 is 19.1. The average molecular weight is 273 g/mol. The molecule has 0 saturated heterocycles. The molecular formula is C15H16FN3O. The average Bonchev–Trinajstić information content (AvgIpc) is 3.25. The zero-order valence-corrected chi connectivity index (χ0v) is 11.3. The number of benzene rings is 1. The molecule has 0 atom stereocenters. The summed E-state index contributed by atoms with van der Waals surface area (Å²) in [7, 11) is 0. The molecule has 1 aromatic heterocycles. The smallest absolute Gasteiger partial charge is 0.165 e. The van der Waals surface area contributed by atoms with Crippen LogP contribution in [0.2, 0.25) is 0 Å². The van der Waals surface area contributed by atoms with Gasteiger partial charge in [-0.3, -0.25) is 0 Å². The molecule has 1 saturated carbocycles. The summed E-state index contributed by atoms with van der Waals surface area (Å²) in [5.41, 5.74) is 1.41. The van der Waals surface area contributed by atoms with Crippen LogP contribution in [-0.2, 0) is 0 Å². The molecule has 1 fully saturated rings. The van der Waals surface area contributed by atoms with E-state index in [2.05, 4.69) is 15.3 Å². The van der Waals surface area contributed by atoms with Gasteiger partial charge in [0.15, 0.2) is 11.6 Å². The van der Waals surface area contributed by atoms with Crippen LogP contribution in [0.3, 0.4) is 0 Å². The number of rotatable bonds is 5. The van der Waals surface area contributed by atoms with Crippen molar-refractivity contribution >= 4 is 5.82 Å². The van der Waals surface area contributed by atoms with Crippen LogP contribution >= 0.6 is 0 Å². The molecule has 0 aliphatic heterocycles. The van der Waals surface area contributed by atoms with Crippen molar-refractivity contribution in [3.05, 3.63) is 36.4 Å². The summed E-state index contributed by atoms with van der Waals surface area (Å²) in [6.45, 7) is 2.27. The predicted molar refractivity (Wildman–Crippen MR) is 75.2 cm³/mol. The van der Waals surface area contributed by atoms with Gasteiger partial charge in [-0.2, -0.15) is 0 Å². The minimum Gasteiger partial charge on any atom is -0.491 e. The van der Waals surface area contributed by atoms with Gasteiger partial charge in [0.2, 0.25) is 0 Å². The number of hydrogen-bond acceptors (Lipinski definition) is 4. The normalized spacial score (nSPS) is 14.1. The Morgan fingerprint density at radius 1 is 1.30 bits per heavy atom. The van der Waals surface area contributed by atoms with Crippen LogP contribution in [0.25, 0.3) is 11.3 Å². The Kier molecular flexibility index (Phi) is 3.50. The maximum atomic E-state index is 13.9. The van der Waals surface area contributed by atoms with E-state index in [1.54, 1.807) is 12.1 Å². The third-order valence-corrected chi connectivity index (χ3v) is 3.12. The van der Waals surface area contributed by atoms with Crippen LogP contribution in [0.1, 0.15) is 19.8 Å². The first kappa shape index (κ1) is 12.8. The van der Waals surface area contributed by atoms with E-state index in [1.807, 2.05) is 13.0 Å². The van der Waals surface area contributed by atoms with Crippen molar-refractivity contribution in [1.82, 2.24) is 9.97 Å². The zero-order valence-electron chi connectivity index (χ0n) is 11.3. The first-order valence-electron chi connectivity index (χ1n) is 6.77. The number of nitrogens with one attached hydrogen (secondary N) is 1. The Bertz CT molecular complexity index is 614. The lowest BCUT2D eigenvalue weighted by atomic mass is 10.1. The second-order valence-electron chi connectivity index (χ2n) is 4.79. The van der Waals surface area contributed by atoms with Gasteiger partial charge in [0.25, 0.3) is 0 Å². The van der Waals surface area contributed by atoms with Crippen molar-refractivity contribution in [3.63, 3.8) is 0 Å². The van der Waals surface area contributed by atoms with E-state index in [4.69, 9.17) is 4.74 Å². The van der Waals surface area contributed by atoms with Crippen LogP contribution in [0, 0.1) is 5.82 Å². The molecule has 4 nitrogen and oxygen atoms in total. The molecule has 20 heavy (non-hydrogen) atoms. The molecule has 2 aromatic rings.